The predicted octanol–water partition coefficient (Wildman–Crippen LogP) is 0.489. The second kappa shape index (κ2) is 4.97. The van der Waals surface area contributed by atoms with E-state index in [0.29, 0.717) is 13.0 Å². The Morgan fingerprint density at radius 3 is 2.65 bits per heavy atom. The van der Waals surface area contributed by atoms with Gasteiger partial charge in [0.05, 0.1) is 6.42 Å². The molecule has 90 valence electrons. The molecule has 5 heteroatoms. The molecule has 1 heterocycles. The molecule has 1 atom stereocenters. The molecule has 1 fully saturated rings. The highest BCUT2D eigenvalue weighted by Crippen LogP contribution is 2.08. The number of nitrogens with zero attached hydrogens (tertiary/aromatic N) is 1. The van der Waals surface area contributed by atoms with E-state index in [0.717, 1.165) is 10.5 Å². The lowest BCUT2D eigenvalue weighted by atomic mass is 10.1. The zero-order chi connectivity index (χ0) is 12.3. The number of carbonyl (C=O) groups excluding carboxylic acids is 2. The number of amides is 3. The molecular formula is C12H14N2O3. The van der Waals surface area contributed by atoms with Crippen LogP contribution < -0.4 is 5.32 Å². The summed E-state index contributed by atoms with van der Waals surface area (Å²) in [6.45, 7) is 0.335. The Labute approximate surface area is 99.0 Å². The van der Waals surface area contributed by atoms with Gasteiger partial charge >= 0.3 is 6.03 Å². The molecule has 0 radical (unpaired) electrons. The number of urea groups is 1. The molecule has 17 heavy (non-hydrogen) atoms. The van der Waals surface area contributed by atoms with Crippen molar-refractivity contribution in [1.82, 2.24) is 10.2 Å². The van der Waals surface area contributed by atoms with Crippen molar-refractivity contribution in [2.24, 2.45) is 0 Å². The van der Waals surface area contributed by atoms with Crippen molar-refractivity contribution >= 4 is 11.9 Å². The summed E-state index contributed by atoms with van der Waals surface area (Å²) in [5.41, 5.74) is 1.07. The van der Waals surface area contributed by atoms with E-state index in [-0.39, 0.29) is 12.3 Å². The normalized spacial score (nSPS) is 20.3. The lowest BCUT2D eigenvalue weighted by Gasteiger charge is -2.28. The predicted molar refractivity (Wildman–Crippen MR) is 61.0 cm³/mol. The van der Waals surface area contributed by atoms with E-state index >= 15 is 0 Å². The highest BCUT2D eigenvalue weighted by molar-refractivity contribution is 5.97. The molecule has 1 aromatic rings. The minimum absolute atomic E-state index is 0.0550. The van der Waals surface area contributed by atoms with Crippen molar-refractivity contribution in [2.45, 2.75) is 19.1 Å². The Kier molecular flexibility index (Phi) is 3.39. The summed E-state index contributed by atoms with van der Waals surface area (Å²) >= 11 is 0. The van der Waals surface area contributed by atoms with Gasteiger partial charge < -0.3 is 10.4 Å². The van der Waals surface area contributed by atoms with Crippen LogP contribution in [-0.4, -0.2) is 34.7 Å². The van der Waals surface area contributed by atoms with Crippen LogP contribution in [0.4, 0.5) is 4.79 Å². The fourth-order valence-electron chi connectivity index (χ4n) is 1.77. The van der Waals surface area contributed by atoms with Crippen molar-refractivity contribution in [2.75, 3.05) is 6.54 Å². The third-order valence-electron chi connectivity index (χ3n) is 2.67. The van der Waals surface area contributed by atoms with Crippen molar-refractivity contribution in [3.8, 4) is 0 Å². The summed E-state index contributed by atoms with van der Waals surface area (Å²) in [5.74, 6) is -0.336. The van der Waals surface area contributed by atoms with Crippen LogP contribution in [0.1, 0.15) is 12.0 Å². The van der Waals surface area contributed by atoms with E-state index in [4.69, 9.17) is 0 Å². The number of benzene rings is 1. The maximum atomic E-state index is 11.5. The molecule has 1 aliphatic rings. The fourth-order valence-corrected chi connectivity index (χ4v) is 1.77. The molecule has 2 N–H and O–H groups in total. The number of rotatable bonds is 3. The van der Waals surface area contributed by atoms with Crippen LogP contribution in [0.2, 0.25) is 0 Å². The molecule has 0 aliphatic carbocycles. The van der Waals surface area contributed by atoms with E-state index in [1.165, 1.54) is 0 Å². The minimum atomic E-state index is -1.05. The molecule has 1 saturated heterocycles. The topological polar surface area (TPSA) is 69.6 Å². The van der Waals surface area contributed by atoms with Crippen molar-refractivity contribution in [1.29, 1.82) is 0 Å². The van der Waals surface area contributed by atoms with Gasteiger partial charge in [0.15, 0.2) is 0 Å². The molecule has 5 nitrogen and oxygen atoms in total. The second-order valence-corrected chi connectivity index (χ2v) is 3.95. The molecule has 1 unspecified atom stereocenters. The summed E-state index contributed by atoms with van der Waals surface area (Å²) < 4.78 is 0. The smallest absolute Gasteiger partial charge is 0.326 e. The van der Waals surface area contributed by atoms with E-state index in [2.05, 4.69) is 5.32 Å². The summed E-state index contributed by atoms with van der Waals surface area (Å²) in [4.78, 5) is 24.2. The number of hydrogen-bond acceptors (Lipinski definition) is 3. The highest BCUT2D eigenvalue weighted by atomic mass is 16.3. The van der Waals surface area contributed by atoms with E-state index in [9.17, 15) is 14.7 Å². The SMILES string of the molecule is O=C1CC(O)NC(=O)N1CCc1ccccc1. The third kappa shape index (κ3) is 2.82. The fraction of sp³-hybridized carbons (Fsp3) is 0.333. The van der Waals surface area contributed by atoms with E-state index in [1.807, 2.05) is 30.3 Å². The molecule has 3 amide bonds. The number of hydrogen-bond donors (Lipinski definition) is 2. The Bertz CT molecular complexity index is 401. The van der Waals surface area contributed by atoms with E-state index in [1.54, 1.807) is 0 Å². The molecule has 0 bridgehead atoms. The molecule has 1 aliphatic heterocycles. The first-order valence-electron chi connectivity index (χ1n) is 5.49. The molecule has 1 aromatic carbocycles. The van der Waals surface area contributed by atoms with Crippen LogP contribution in [0.15, 0.2) is 30.3 Å². The second-order valence-electron chi connectivity index (χ2n) is 3.95. The molecular weight excluding hydrogens is 220 g/mol. The maximum Gasteiger partial charge on any atom is 0.326 e. The lowest BCUT2D eigenvalue weighted by molar-refractivity contribution is -0.132. The van der Waals surface area contributed by atoms with Gasteiger partial charge in [-0.3, -0.25) is 9.69 Å². The van der Waals surface area contributed by atoms with Crippen LogP contribution in [-0.2, 0) is 11.2 Å². The summed E-state index contributed by atoms with van der Waals surface area (Å²) in [5, 5.41) is 11.5. The lowest BCUT2D eigenvalue weighted by Crippen LogP contribution is -2.55. The van der Waals surface area contributed by atoms with Gasteiger partial charge in [-0.15, -0.1) is 0 Å². The van der Waals surface area contributed by atoms with E-state index < -0.39 is 12.3 Å². The van der Waals surface area contributed by atoms with Crippen molar-refractivity contribution < 1.29 is 14.7 Å². The first kappa shape index (κ1) is 11.6. The average molecular weight is 234 g/mol. The quantitative estimate of drug-likeness (QED) is 0.799. The molecule has 0 saturated carbocycles. The Balaban J connectivity index is 1.95. The highest BCUT2D eigenvalue weighted by Gasteiger charge is 2.30. The molecule has 2 rings (SSSR count). The minimum Gasteiger partial charge on any atom is -0.373 e. The van der Waals surface area contributed by atoms with Crippen LogP contribution in [0.5, 0.6) is 0 Å². The van der Waals surface area contributed by atoms with Gasteiger partial charge in [-0.2, -0.15) is 0 Å². The summed E-state index contributed by atoms with van der Waals surface area (Å²) in [7, 11) is 0. The zero-order valence-electron chi connectivity index (χ0n) is 9.30. The van der Waals surface area contributed by atoms with Crippen molar-refractivity contribution in [3.63, 3.8) is 0 Å². The van der Waals surface area contributed by atoms with Gasteiger partial charge in [-0.1, -0.05) is 30.3 Å². The Hall–Kier alpha value is -1.88. The van der Waals surface area contributed by atoms with Crippen molar-refractivity contribution in [3.05, 3.63) is 35.9 Å². The monoisotopic (exact) mass is 234 g/mol. The first-order valence-corrected chi connectivity index (χ1v) is 5.49. The number of nitrogens with one attached hydrogen (secondary N) is 1. The number of aliphatic hydroxyl groups is 1. The van der Waals surface area contributed by atoms with Crippen LogP contribution in [0.3, 0.4) is 0 Å². The van der Waals surface area contributed by atoms with Crippen LogP contribution in [0.25, 0.3) is 0 Å². The number of carbonyl (C=O) groups is 2. The number of imide groups is 1. The summed E-state index contributed by atoms with van der Waals surface area (Å²) in [6, 6.07) is 9.11. The summed E-state index contributed by atoms with van der Waals surface area (Å²) in [6.07, 6.45) is -0.487. The van der Waals surface area contributed by atoms with Gasteiger partial charge in [0, 0.05) is 6.54 Å². The standard InChI is InChI=1S/C12H14N2O3/c15-10-8-11(16)14(12(17)13-10)7-6-9-4-2-1-3-5-9/h1-5,10,15H,6-8H2,(H,13,17). The number of aliphatic hydroxyl groups excluding tert-OH is 1. The van der Waals surface area contributed by atoms with Crippen LogP contribution >= 0.6 is 0 Å². The van der Waals surface area contributed by atoms with Gasteiger partial charge in [0.1, 0.15) is 6.23 Å². The van der Waals surface area contributed by atoms with Gasteiger partial charge in [-0.25, -0.2) is 4.79 Å². The van der Waals surface area contributed by atoms with Crippen LogP contribution in [0, 0.1) is 0 Å². The zero-order valence-corrected chi connectivity index (χ0v) is 9.30. The third-order valence-corrected chi connectivity index (χ3v) is 2.67. The largest absolute Gasteiger partial charge is 0.373 e. The average Bonchev–Trinajstić information content (AvgIpc) is 2.29. The first-order chi connectivity index (χ1) is 8.16. The Morgan fingerprint density at radius 2 is 2.00 bits per heavy atom. The van der Waals surface area contributed by atoms with Gasteiger partial charge in [-0.05, 0) is 12.0 Å². The maximum absolute atomic E-state index is 11.5. The van der Waals surface area contributed by atoms with Gasteiger partial charge in [0.2, 0.25) is 5.91 Å². The molecule has 0 spiro atoms. The molecule has 0 aromatic heterocycles. The van der Waals surface area contributed by atoms with Gasteiger partial charge in [0.25, 0.3) is 0 Å². The Morgan fingerprint density at radius 1 is 1.29 bits per heavy atom.